The highest BCUT2D eigenvalue weighted by Crippen LogP contribution is 2.15. The molecule has 0 heterocycles. The fourth-order valence-corrected chi connectivity index (χ4v) is 2.39. The van der Waals surface area contributed by atoms with Gasteiger partial charge in [-0.2, -0.15) is 0 Å². The average molecular weight is 329 g/mol. The molecule has 9 heteroatoms. The van der Waals surface area contributed by atoms with Gasteiger partial charge in [-0.3, -0.25) is 4.72 Å². The maximum atomic E-state index is 11.2. The normalized spacial score (nSPS) is 12.4. The van der Waals surface area contributed by atoms with Gasteiger partial charge >= 0.3 is 0 Å². The Bertz CT molecular complexity index is 582. The number of halogens is 1. The van der Waals surface area contributed by atoms with Gasteiger partial charge in [0.15, 0.2) is 0 Å². The van der Waals surface area contributed by atoms with Crippen LogP contribution < -0.4 is 9.86 Å². The van der Waals surface area contributed by atoms with Crippen molar-refractivity contribution in [2.45, 2.75) is 4.90 Å². The second-order valence-electron chi connectivity index (χ2n) is 2.90. The van der Waals surface area contributed by atoms with Gasteiger partial charge in [0.05, 0.1) is 4.90 Å². The Balaban J connectivity index is 3.11. The molecule has 0 aromatic heterocycles. The van der Waals surface area contributed by atoms with Crippen LogP contribution >= 0.6 is 15.9 Å². The van der Waals surface area contributed by atoms with Crippen molar-refractivity contribution in [3.8, 4) is 0 Å². The van der Waals surface area contributed by atoms with Gasteiger partial charge in [0.25, 0.3) is 0 Å². The fraction of sp³-hybridized carbons (Fsp3) is 0.143. The lowest BCUT2D eigenvalue weighted by Crippen LogP contribution is -2.15. The molecule has 90 valence electrons. The number of rotatable bonds is 4. The molecule has 3 N–H and O–H groups in total. The summed E-state index contributed by atoms with van der Waals surface area (Å²) in [4.78, 5) is -0.151. The quantitative estimate of drug-likeness (QED) is 0.781. The maximum Gasteiger partial charge on any atom is 0.242 e. The highest BCUT2D eigenvalue weighted by molar-refractivity contribution is 9.10. The van der Waals surface area contributed by atoms with Crippen molar-refractivity contribution >= 4 is 41.7 Å². The molecular weight excluding hydrogens is 320 g/mol. The molecule has 0 radical (unpaired) electrons. The van der Waals surface area contributed by atoms with Crippen LogP contribution in [0.15, 0.2) is 29.2 Å². The van der Waals surface area contributed by atoms with E-state index in [1.54, 1.807) is 0 Å². The Labute approximate surface area is 102 Å². The molecule has 0 bridgehead atoms. The minimum absolute atomic E-state index is 0.144. The smallest absolute Gasteiger partial charge is 0.242 e. The first-order chi connectivity index (χ1) is 7.24. The zero-order chi connectivity index (χ0) is 12.4. The Morgan fingerprint density at radius 3 is 2.38 bits per heavy atom. The Kier molecular flexibility index (Phi) is 3.94. The van der Waals surface area contributed by atoms with E-state index in [2.05, 4.69) is 20.7 Å². The number of hydrogen-bond donors (Lipinski definition) is 2. The Hall–Kier alpha value is -0.640. The molecule has 0 saturated carbocycles. The largest absolute Gasteiger partial charge is 0.283 e. The molecule has 1 aromatic rings. The van der Waals surface area contributed by atoms with Gasteiger partial charge in [-0.1, -0.05) is 22.0 Å². The maximum absolute atomic E-state index is 11.2. The van der Waals surface area contributed by atoms with E-state index < -0.39 is 20.0 Å². The molecule has 1 rings (SSSR count). The third-order valence-electron chi connectivity index (χ3n) is 1.58. The highest BCUT2D eigenvalue weighted by Gasteiger charge is 2.11. The monoisotopic (exact) mass is 328 g/mol. The number of nitrogens with one attached hydrogen (secondary N) is 1. The molecule has 0 atom stereocenters. The molecule has 6 nitrogen and oxygen atoms in total. The summed E-state index contributed by atoms with van der Waals surface area (Å²) < 4.78 is 46.3. The first-order valence-corrected chi connectivity index (χ1v) is 8.26. The van der Waals surface area contributed by atoms with E-state index >= 15 is 0 Å². The van der Waals surface area contributed by atoms with E-state index in [9.17, 15) is 16.8 Å². The number of hydrogen-bond acceptors (Lipinski definition) is 4. The van der Waals surface area contributed by atoms with E-state index in [1.165, 1.54) is 18.2 Å². The van der Waals surface area contributed by atoms with Gasteiger partial charge < -0.3 is 0 Å². The van der Waals surface area contributed by atoms with Crippen LogP contribution in [0.4, 0.5) is 5.69 Å². The van der Waals surface area contributed by atoms with Gasteiger partial charge in [-0.15, -0.1) is 0 Å². The lowest BCUT2D eigenvalue weighted by atomic mass is 10.3. The van der Waals surface area contributed by atoms with Crippen LogP contribution in [-0.4, -0.2) is 21.5 Å². The van der Waals surface area contributed by atoms with Crippen molar-refractivity contribution in [1.29, 1.82) is 0 Å². The summed E-state index contributed by atoms with van der Waals surface area (Å²) in [5, 5.41) is 4.91. The van der Waals surface area contributed by atoms with E-state index in [0.29, 0.717) is 0 Å². The summed E-state index contributed by atoms with van der Waals surface area (Å²) >= 11 is 2.79. The van der Waals surface area contributed by atoms with E-state index in [0.717, 1.165) is 6.07 Å². The Morgan fingerprint density at radius 1 is 1.25 bits per heavy atom. The molecule has 0 aliphatic rings. The summed E-state index contributed by atoms with van der Waals surface area (Å²) in [5.41, 5.74) is 0.144. The predicted molar refractivity (Wildman–Crippen MR) is 64.2 cm³/mol. The Morgan fingerprint density at radius 2 is 1.88 bits per heavy atom. The van der Waals surface area contributed by atoms with Crippen LogP contribution in [-0.2, 0) is 20.0 Å². The number of nitrogens with two attached hydrogens (primary N) is 1. The summed E-state index contributed by atoms with van der Waals surface area (Å²) in [6.45, 7) is 0. The van der Waals surface area contributed by atoms with E-state index in [-0.39, 0.29) is 15.2 Å². The third-order valence-corrected chi connectivity index (χ3v) is 5.13. The standard InChI is InChI=1S/C7H9BrN2O4S2/c8-5-15(11,12)10-6-2-1-3-7(4-6)16(9,13)14/h1-4,10H,5H2,(H2,9,13,14). The summed E-state index contributed by atoms with van der Waals surface area (Å²) in [7, 11) is -7.34. The van der Waals surface area contributed by atoms with Gasteiger partial charge in [0.2, 0.25) is 20.0 Å². The van der Waals surface area contributed by atoms with Crippen molar-refractivity contribution in [1.82, 2.24) is 0 Å². The van der Waals surface area contributed by atoms with Gasteiger partial charge in [-0.25, -0.2) is 22.0 Å². The topological polar surface area (TPSA) is 106 Å². The zero-order valence-corrected chi connectivity index (χ0v) is 11.1. The van der Waals surface area contributed by atoms with Crippen molar-refractivity contribution in [3.63, 3.8) is 0 Å². The first kappa shape index (κ1) is 13.4. The van der Waals surface area contributed by atoms with Crippen LogP contribution in [0.1, 0.15) is 0 Å². The lowest BCUT2D eigenvalue weighted by Gasteiger charge is -2.06. The van der Waals surface area contributed by atoms with Gasteiger partial charge in [-0.05, 0) is 18.2 Å². The molecule has 0 spiro atoms. The van der Waals surface area contributed by atoms with Crippen molar-refractivity contribution in [3.05, 3.63) is 24.3 Å². The lowest BCUT2D eigenvalue weighted by molar-refractivity contribution is 0.597. The molecule has 0 amide bonds. The molecule has 1 aromatic carbocycles. The highest BCUT2D eigenvalue weighted by atomic mass is 79.9. The van der Waals surface area contributed by atoms with Crippen LogP contribution in [0.2, 0.25) is 0 Å². The summed E-state index contributed by atoms with van der Waals surface area (Å²) in [6, 6.07) is 5.25. The molecule has 0 unspecified atom stereocenters. The number of anilines is 1. The van der Waals surface area contributed by atoms with Crippen molar-refractivity contribution in [2.75, 3.05) is 9.38 Å². The minimum atomic E-state index is -3.83. The van der Waals surface area contributed by atoms with Gasteiger partial charge in [0.1, 0.15) is 4.66 Å². The average Bonchev–Trinajstić information content (AvgIpc) is 2.16. The van der Waals surface area contributed by atoms with Crippen LogP contribution in [0.3, 0.4) is 0 Å². The molecular formula is C7H9BrN2O4S2. The molecule has 0 aliphatic heterocycles. The SMILES string of the molecule is NS(=O)(=O)c1cccc(NS(=O)(=O)CBr)c1. The number of alkyl halides is 1. The fourth-order valence-electron chi connectivity index (χ4n) is 0.943. The second kappa shape index (κ2) is 4.70. The number of sulfonamides is 2. The van der Waals surface area contributed by atoms with Crippen molar-refractivity contribution in [2.24, 2.45) is 5.14 Å². The van der Waals surface area contributed by atoms with E-state index in [4.69, 9.17) is 5.14 Å². The second-order valence-corrected chi connectivity index (χ2v) is 7.49. The zero-order valence-electron chi connectivity index (χ0n) is 7.92. The van der Waals surface area contributed by atoms with Gasteiger partial charge in [0, 0.05) is 5.69 Å². The molecule has 16 heavy (non-hydrogen) atoms. The third kappa shape index (κ3) is 3.74. The first-order valence-electron chi connectivity index (χ1n) is 3.94. The number of benzene rings is 1. The predicted octanol–water partition coefficient (Wildman–Crippen LogP) is 0.428. The van der Waals surface area contributed by atoms with E-state index in [1.807, 2.05) is 0 Å². The van der Waals surface area contributed by atoms with Crippen LogP contribution in [0.5, 0.6) is 0 Å². The van der Waals surface area contributed by atoms with Crippen LogP contribution in [0, 0.1) is 0 Å². The summed E-state index contributed by atoms with van der Waals surface area (Å²) in [5.74, 6) is 0. The minimum Gasteiger partial charge on any atom is -0.283 e. The van der Waals surface area contributed by atoms with Crippen LogP contribution in [0.25, 0.3) is 0 Å². The molecule has 0 saturated heterocycles. The summed E-state index contributed by atoms with van der Waals surface area (Å²) in [6.07, 6.45) is 0. The molecule has 0 fully saturated rings. The number of primary sulfonamides is 1. The molecule has 0 aliphatic carbocycles. The van der Waals surface area contributed by atoms with Crippen molar-refractivity contribution < 1.29 is 16.8 Å².